The van der Waals surface area contributed by atoms with Crippen LogP contribution in [0.15, 0.2) is 24.3 Å². The Kier molecular flexibility index (Phi) is 17.4. The molecule has 0 radical (unpaired) electrons. The summed E-state index contributed by atoms with van der Waals surface area (Å²) in [6.45, 7) is 13.7. The van der Waals surface area contributed by atoms with Gasteiger partial charge in [0.25, 0.3) is 0 Å². The van der Waals surface area contributed by atoms with E-state index in [0.29, 0.717) is 5.75 Å². The molecule has 0 saturated heterocycles. The quantitative estimate of drug-likeness (QED) is 0.115. The monoisotopic (exact) mass is 705 g/mol. The van der Waals surface area contributed by atoms with E-state index >= 15 is 0 Å². The lowest BCUT2D eigenvalue weighted by molar-refractivity contribution is -0.159. The molecule has 0 heterocycles. The van der Waals surface area contributed by atoms with Crippen LogP contribution in [0.25, 0.3) is 0 Å². The summed E-state index contributed by atoms with van der Waals surface area (Å²) in [6.07, 6.45) is 5.54. The van der Waals surface area contributed by atoms with E-state index in [-0.39, 0.29) is 52.3 Å². The summed E-state index contributed by atoms with van der Waals surface area (Å²) < 4.78 is 22.0. The Bertz CT molecular complexity index is 1320. The summed E-state index contributed by atoms with van der Waals surface area (Å²) >= 11 is 0. The van der Waals surface area contributed by atoms with Crippen LogP contribution in [0.3, 0.4) is 0 Å². The zero-order valence-electron chi connectivity index (χ0n) is 30.9. The number of ether oxygens (including phenoxy) is 4. The summed E-state index contributed by atoms with van der Waals surface area (Å²) in [5.74, 6) is -1.23. The van der Waals surface area contributed by atoms with E-state index in [1.165, 1.54) is 9.80 Å². The third-order valence-corrected chi connectivity index (χ3v) is 6.43. The van der Waals surface area contributed by atoms with Crippen molar-refractivity contribution in [2.45, 2.75) is 91.6 Å². The van der Waals surface area contributed by atoms with E-state index in [1.807, 2.05) is 0 Å². The number of terminal acetylenes is 1. The first-order chi connectivity index (χ1) is 22.9. The van der Waals surface area contributed by atoms with E-state index < -0.39 is 65.8 Å². The molecule has 14 nitrogen and oxygen atoms in total. The number of benzene rings is 1. The lowest BCUT2D eigenvalue weighted by atomic mass is 10.0. The number of carbonyl (C=O) groups excluding carboxylic acids is 3. The standard InChI is InChI=1S/C36H55N3O11/c1-11-18-47-28-14-12-26(13-15-28)19-27(39(22-30(42)43)25-33(46)50-36(8,9)10)20-37(23-31(44)48-34(2,3)4)16-17-38(21-29(40)41)24-32(45)49-35(5,6)7/h1,12-15,27H,16-25H2,2-10H3,(H,40,41)(H,42,43). The zero-order chi connectivity index (χ0) is 38.3. The van der Waals surface area contributed by atoms with Gasteiger partial charge in [-0.1, -0.05) is 18.1 Å². The number of hydrogen-bond acceptors (Lipinski definition) is 12. The van der Waals surface area contributed by atoms with Gasteiger partial charge >= 0.3 is 29.8 Å². The van der Waals surface area contributed by atoms with E-state index in [1.54, 1.807) is 91.5 Å². The second-order valence-electron chi connectivity index (χ2n) is 14.9. The maximum absolute atomic E-state index is 13.1. The molecule has 0 spiro atoms. The minimum absolute atomic E-state index is 0.0350. The molecule has 14 heteroatoms. The molecule has 2 N–H and O–H groups in total. The van der Waals surface area contributed by atoms with Gasteiger partial charge in [-0.15, -0.1) is 6.42 Å². The van der Waals surface area contributed by atoms with Crippen molar-refractivity contribution >= 4 is 29.8 Å². The summed E-state index contributed by atoms with van der Waals surface area (Å²) in [7, 11) is 0. The van der Waals surface area contributed by atoms with Gasteiger partial charge in [0, 0.05) is 25.7 Å². The van der Waals surface area contributed by atoms with E-state index in [0.717, 1.165) is 5.56 Å². The predicted molar refractivity (Wildman–Crippen MR) is 186 cm³/mol. The first-order valence-electron chi connectivity index (χ1n) is 16.4. The zero-order valence-corrected chi connectivity index (χ0v) is 30.9. The fourth-order valence-electron chi connectivity index (χ4n) is 4.79. The number of rotatable bonds is 20. The number of carbonyl (C=O) groups is 5. The van der Waals surface area contributed by atoms with Gasteiger partial charge in [-0.25, -0.2) is 0 Å². The van der Waals surface area contributed by atoms with Crippen LogP contribution < -0.4 is 4.74 Å². The summed E-state index contributed by atoms with van der Waals surface area (Å²) in [5.41, 5.74) is -1.63. The van der Waals surface area contributed by atoms with E-state index in [2.05, 4.69) is 5.92 Å². The lowest BCUT2D eigenvalue weighted by Crippen LogP contribution is -2.52. The summed E-state index contributed by atoms with van der Waals surface area (Å²) in [5, 5.41) is 19.4. The van der Waals surface area contributed by atoms with Crippen molar-refractivity contribution < 1.29 is 53.1 Å². The molecule has 50 heavy (non-hydrogen) atoms. The Morgan fingerprint density at radius 3 is 1.56 bits per heavy atom. The van der Waals surface area contributed by atoms with Crippen LogP contribution in [0.5, 0.6) is 5.75 Å². The van der Waals surface area contributed by atoms with Gasteiger partial charge in [0.2, 0.25) is 0 Å². The maximum Gasteiger partial charge on any atom is 0.320 e. The highest BCUT2D eigenvalue weighted by Crippen LogP contribution is 2.18. The van der Waals surface area contributed by atoms with Gasteiger partial charge in [-0.3, -0.25) is 38.7 Å². The van der Waals surface area contributed by atoms with Crippen LogP contribution in [-0.4, -0.2) is 137 Å². The van der Waals surface area contributed by atoms with Crippen molar-refractivity contribution in [1.29, 1.82) is 0 Å². The summed E-state index contributed by atoms with van der Waals surface area (Å²) in [4.78, 5) is 67.1. The lowest BCUT2D eigenvalue weighted by Gasteiger charge is -2.35. The van der Waals surface area contributed by atoms with Crippen LogP contribution >= 0.6 is 0 Å². The predicted octanol–water partition coefficient (Wildman–Crippen LogP) is 2.71. The van der Waals surface area contributed by atoms with Crippen molar-refractivity contribution in [3.63, 3.8) is 0 Å². The summed E-state index contributed by atoms with van der Waals surface area (Å²) in [6, 6.07) is 6.35. The first-order valence-corrected chi connectivity index (χ1v) is 16.4. The normalized spacial score (nSPS) is 12.7. The molecule has 0 amide bonds. The Hall–Kier alpha value is -4.19. The number of aliphatic carboxylic acids is 2. The molecular formula is C36H55N3O11. The Balaban J connectivity index is 3.54. The molecule has 1 unspecified atom stereocenters. The van der Waals surface area contributed by atoms with Crippen molar-refractivity contribution in [3.8, 4) is 18.1 Å². The number of hydrogen-bond donors (Lipinski definition) is 2. The fraction of sp³-hybridized carbons (Fsp3) is 0.639. The topological polar surface area (TPSA) is 172 Å². The highest BCUT2D eigenvalue weighted by molar-refractivity contribution is 5.75. The largest absolute Gasteiger partial charge is 0.481 e. The molecule has 1 aromatic carbocycles. The molecule has 0 aromatic heterocycles. The number of carboxylic acids is 2. The second kappa shape index (κ2) is 19.9. The molecule has 0 saturated carbocycles. The van der Waals surface area contributed by atoms with Crippen molar-refractivity contribution in [3.05, 3.63) is 29.8 Å². The van der Waals surface area contributed by atoms with Crippen molar-refractivity contribution in [1.82, 2.24) is 14.7 Å². The molecule has 0 fully saturated rings. The number of carboxylic acid groups (broad SMARTS) is 2. The van der Waals surface area contributed by atoms with Crippen molar-refractivity contribution in [2.75, 3.05) is 59.0 Å². The average molecular weight is 706 g/mol. The molecule has 1 aromatic rings. The Morgan fingerprint density at radius 2 is 1.12 bits per heavy atom. The molecular weight excluding hydrogens is 650 g/mol. The highest BCUT2D eigenvalue weighted by Gasteiger charge is 2.30. The molecule has 1 rings (SSSR count). The van der Waals surface area contributed by atoms with Crippen LogP contribution in [0, 0.1) is 12.3 Å². The van der Waals surface area contributed by atoms with Crippen molar-refractivity contribution in [2.24, 2.45) is 0 Å². The number of esters is 3. The van der Waals surface area contributed by atoms with Crippen LogP contribution in [0.4, 0.5) is 0 Å². The Labute approximate surface area is 296 Å². The van der Waals surface area contributed by atoms with Crippen LogP contribution in [0.2, 0.25) is 0 Å². The smallest absolute Gasteiger partial charge is 0.320 e. The van der Waals surface area contributed by atoms with Gasteiger partial charge in [0.15, 0.2) is 0 Å². The third kappa shape index (κ3) is 21.0. The van der Waals surface area contributed by atoms with Gasteiger partial charge in [0.1, 0.15) is 29.2 Å². The Morgan fingerprint density at radius 1 is 0.680 bits per heavy atom. The van der Waals surface area contributed by atoms with E-state index in [4.69, 9.17) is 25.4 Å². The van der Waals surface area contributed by atoms with Crippen LogP contribution in [0.1, 0.15) is 67.9 Å². The third-order valence-electron chi connectivity index (χ3n) is 6.43. The minimum atomic E-state index is -1.18. The van der Waals surface area contributed by atoms with Gasteiger partial charge in [0.05, 0.1) is 32.7 Å². The van der Waals surface area contributed by atoms with E-state index in [9.17, 15) is 34.2 Å². The van der Waals surface area contributed by atoms with Gasteiger partial charge < -0.3 is 29.2 Å². The molecule has 0 bridgehead atoms. The molecule has 280 valence electrons. The number of nitrogens with zero attached hydrogens (tertiary/aromatic N) is 3. The van der Waals surface area contributed by atoms with Gasteiger partial charge in [-0.2, -0.15) is 0 Å². The van der Waals surface area contributed by atoms with Crippen LogP contribution in [-0.2, 0) is 44.6 Å². The highest BCUT2D eigenvalue weighted by atomic mass is 16.6. The SMILES string of the molecule is C#CCOc1ccc(CC(CN(CCN(CC(=O)O)CC(=O)OC(C)(C)C)CC(=O)OC(C)(C)C)N(CC(=O)O)CC(=O)OC(C)(C)C)cc1. The maximum atomic E-state index is 13.1. The molecule has 0 aliphatic heterocycles. The average Bonchev–Trinajstić information content (AvgIpc) is 2.91. The molecule has 0 aliphatic carbocycles. The molecule has 1 atom stereocenters. The van der Waals surface area contributed by atoms with Gasteiger partial charge in [-0.05, 0) is 86.4 Å². The second-order valence-corrected chi connectivity index (χ2v) is 14.9. The fourth-order valence-corrected chi connectivity index (χ4v) is 4.79. The minimum Gasteiger partial charge on any atom is -0.481 e. The first kappa shape index (κ1) is 43.8. The molecule has 0 aliphatic rings.